The Kier molecular flexibility index (Phi) is 3.96. The van der Waals surface area contributed by atoms with Gasteiger partial charge < -0.3 is 10.6 Å². The molecular formula is C15H19N5O. The molecule has 1 saturated heterocycles. The van der Waals surface area contributed by atoms with Crippen LogP contribution in [0.25, 0.3) is 5.82 Å². The van der Waals surface area contributed by atoms with Crippen LogP contribution in [0.15, 0.2) is 30.7 Å². The molecule has 2 aromatic rings. The molecule has 1 fully saturated rings. The maximum Gasteiger partial charge on any atom is 0.228 e. The second kappa shape index (κ2) is 6.05. The summed E-state index contributed by atoms with van der Waals surface area (Å²) in [4.78, 5) is 20.7. The quantitative estimate of drug-likeness (QED) is 0.897. The molecule has 0 aliphatic carbocycles. The molecule has 0 radical (unpaired) electrons. The van der Waals surface area contributed by atoms with Crippen molar-refractivity contribution in [2.75, 3.05) is 18.4 Å². The SMILES string of the molecule is Cc1nccn1-c1ccc(NC(=O)C2CCCNC2)cn1. The third-order valence-corrected chi connectivity index (χ3v) is 3.76. The minimum atomic E-state index is 0.0503. The zero-order valence-corrected chi connectivity index (χ0v) is 12.0. The number of nitrogens with one attached hydrogen (secondary N) is 2. The van der Waals surface area contributed by atoms with Crippen LogP contribution in [-0.4, -0.2) is 33.5 Å². The molecule has 2 aromatic heterocycles. The Labute approximate surface area is 123 Å². The fraction of sp³-hybridized carbons (Fsp3) is 0.400. The summed E-state index contributed by atoms with van der Waals surface area (Å²) >= 11 is 0. The average Bonchev–Trinajstić information content (AvgIpc) is 2.95. The second-order valence-corrected chi connectivity index (χ2v) is 5.28. The number of hydrogen-bond donors (Lipinski definition) is 2. The summed E-state index contributed by atoms with van der Waals surface area (Å²) in [6.45, 7) is 3.68. The van der Waals surface area contributed by atoms with Gasteiger partial charge in [0.1, 0.15) is 11.6 Å². The third kappa shape index (κ3) is 3.11. The van der Waals surface area contributed by atoms with Gasteiger partial charge in [-0.15, -0.1) is 0 Å². The van der Waals surface area contributed by atoms with Gasteiger partial charge in [0.25, 0.3) is 0 Å². The predicted molar refractivity (Wildman–Crippen MR) is 80.3 cm³/mol. The molecular weight excluding hydrogens is 266 g/mol. The van der Waals surface area contributed by atoms with Crippen LogP contribution < -0.4 is 10.6 Å². The molecule has 0 spiro atoms. The molecule has 1 aliphatic heterocycles. The van der Waals surface area contributed by atoms with E-state index in [1.165, 1.54) is 0 Å². The van der Waals surface area contributed by atoms with Crippen LogP contribution in [-0.2, 0) is 4.79 Å². The number of carbonyl (C=O) groups excluding carboxylic acids is 1. The number of amides is 1. The van der Waals surface area contributed by atoms with Crippen molar-refractivity contribution in [1.29, 1.82) is 0 Å². The van der Waals surface area contributed by atoms with Crippen LogP contribution in [0.1, 0.15) is 18.7 Å². The lowest BCUT2D eigenvalue weighted by atomic mass is 9.99. The van der Waals surface area contributed by atoms with Crippen LogP contribution in [0.2, 0.25) is 0 Å². The first-order chi connectivity index (χ1) is 10.2. The molecule has 1 aliphatic rings. The highest BCUT2D eigenvalue weighted by Gasteiger charge is 2.20. The summed E-state index contributed by atoms with van der Waals surface area (Å²) in [5.74, 6) is 1.79. The molecule has 1 unspecified atom stereocenters. The fourth-order valence-electron chi connectivity index (χ4n) is 2.54. The van der Waals surface area contributed by atoms with Crippen molar-refractivity contribution >= 4 is 11.6 Å². The molecule has 1 atom stereocenters. The Morgan fingerprint density at radius 3 is 2.95 bits per heavy atom. The van der Waals surface area contributed by atoms with Crippen LogP contribution >= 0.6 is 0 Å². The Morgan fingerprint density at radius 1 is 1.43 bits per heavy atom. The molecule has 110 valence electrons. The van der Waals surface area contributed by atoms with E-state index in [1.54, 1.807) is 12.4 Å². The van der Waals surface area contributed by atoms with Gasteiger partial charge >= 0.3 is 0 Å². The molecule has 2 N–H and O–H groups in total. The van der Waals surface area contributed by atoms with Gasteiger partial charge in [0.15, 0.2) is 0 Å². The number of piperidine rings is 1. The summed E-state index contributed by atoms with van der Waals surface area (Å²) in [6.07, 6.45) is 7.28. The molecule has 3 rings (SSSR count). The van der Waals surface area contributed by atoms with E-state index in [4.69, 9.17) is 0 Å². The summed E-state index contributed by atoms with van der Waals surface area (Å²) in [5, 5.41) is 6.18. The number of hydrogen-bond acceptors (Lipinski definition) is 4. The minimum Gasteiger partial charge on any atom is -0.324 e. The van der Waals surface area contributed by atoms with Crippen LogP contribution in [0, 0.1) is 12.8 Å². The normalized spacial score (nSPS) is 18.4. The van der Waals surface area contributed by atoms with Crippen LogP contribution in [0.4, 0.5) is 5.69 Å². The zero-order valence-electron chi connectivity index (χ0n) is 12.0. The molecule has 3 heterocycles. The fourth-order valence-corrected chi connectivity index (χ4v) is 2.54. The standard InChI is InChI=1S/C15H19N5O/c1-11-17-7-8-20(11)14-5-4-13(10-18-14)19-15(21)12-3-2-6-16-9-12/h4-5,7-8,10,12,16H,2-3,6,9H2,1H3,(H,19,21). The van der Waals surface area contributed by atoms with E-state index in [9.17, 15) is 4.79 Å². The lowest BCUT2D eigenvalue weighted by Crippen LogP contribution is -2.37. The van der Waals surface area contributed by atoms with E-state index < -0.39 is 0 Å². The number of aryl methyl sites for hydroxylation is 1. The molecule has 6 nitrogen and oxygen atoms in total. The van der Waals surface area contributed by atoms with E-state index >= 15 is 0 Å². The number of rotatable bonds is 3. The first kappa shape index (κ1) is 13.8. The van der Waals surface area contributed by atoms with Gasteiger partial charge in [-0.3, -0.25) is 9.36 Å². The Balaban J connectivity index is 1.67. The third-order valence-electron chi connectivity index (χ3n) is 3.76. The van der Waals surface area contributed by atoms with Gasteiger partial charge in [-0.2, -0.15) is 0 Å². The Hall–Kier alpha value is -2.21. The van der Waals surface area contributed by atoms with Gasteiger partial charge in [-0.1, -0.05) is 0 Å². The topological polar surface area (TPSA) is 71.8 Å². The highest BCUT2D eigenvalue weighted by Crippen LogP contribution is 2.15. The maximum atomic E-state index is 12.1. The van der Waals surface area contributed by atoms with E-state index in [1.807, 2.05) is 29.8 Å². The van der Waals surface area contributed by atoms with E-state index in [0.29, 0.717) is 0 Å². The van der Waals surface area contributed by atoms with Crippen molar-refractivity contribution in [3.8, 4) is 5.82 Å². The van der Waals surface area contributed by atoms with Crippen molar-refractivity contribution in [2.45, 2.75) is 19.8 Å². The minimum absolute atomic E-state index is 0.0503. The van der Waals surface area contributed by atoms with Crippen LogP contribution in [0.5, 0.6) is 0 Å². The molecule has 1 amide bonds. The second-order valence-electron chi connectivity index (χ2n) is 5.28. The predicted octanol–water partition coefficient (Wildman–Crippen LogP) is 1.51. The first-order valence-corrected chi connectivity index (χ1v) is 7.22. The summed E-state index contributed by atoms with van der Waals surface area (Å²) in [7, 11) is 0. The number of nitrogens with zero attached hydrogens (tertiary/aromatic N) is 3. The smallest absolute Gasteiger partial charge is 0.228 e. The van der Waals surface area contributed by atoms with E-state index in [2.05, 4.69) is 20.6 Å². The van der Waals surface area contributed by atoms with E-state index in [0.717, 1.165) is 43.3 Å². The highest BCUT2D eigenvalue weighted by atomic mass is 16.1. The van der Waals surface area contributed by atoms with Gasteiger partial charge in [-0.25, -0.2) is 9.97 Å². The van der Waals surface area contributed by atoms with E-state index in [-0.39, 0.29) is 11.8 Å². The lowest BCUT2D eigenvalue weighted by Gasteiger charge is -2.21. The maximum absolute atomic E-state index is 12.1. The van der Waals surface area contributed by atoms with Gasteiger partial charge in [0, 0.05) is 18.9 Å². The number of pyridine rings is 1. The van der Waals surface area contributed by atoms with Gasteiger partial charge in [0.05, 0.1) is 17.8 Å². The Morgan fingerprint density at radius 2 is 2.33 bits per heavy atom. The number of aromatic nitrogens is 3. The van der Waals surface area contributed by atoms with Crippen molar-refractivity contribution < 1.29 is 4.79 Å². The summed E-state index contributed by atoms with van der Waals surface area (Å²) in [6, 6.07) is 3.75. The largest absolute Gasteiger partial charge is 0.324 e. The highest BCUT2D eigenvalue weighted by molar-refractivity contribution is 5.92. The molecule has 0 bridgehead atoms. The van der Waals surface area contributed by atoms with Crippen molar-refractivity contribution in [3.63, 3.8) is 0 Å². The van der Waals surface area contributed by atoms with Gasteiger partial charge in [0.2, 0.25) is 5.91 Å². The van der Waals surface area contributed by atoms with Crippen LogP contribution in [0.3, 0.4) is 0 Å². The number of carbonyl (C=O) groups is 1. The average molecular weight is 285 g/mol. The summed E-state index contributed by atoms with van der Waals surface area (Å²) < 4.78 is 1.90. The molecule has 6 heteroatoms. The number of anilines is 1. The monoisotopic (exact) mass is 285 g/mol. The molecule has 21 heavy (non-hydrogen) atoms. The summed E-state index contributed by atoms with van der Waals surface area (Å²) in [5.41, 5.74) is 0.729. The number of imidazole rings is 1. The first-order valence-electron chi connectivity index (χ1n) is 7.22. The van der Waals surface area contributed by atoms with Crippen molar-refractivity contribution in [3.05, 3.63) is 36.5 Å². The van der Waals surface area contributed by atoms with Gasteiger partial charge in [-0.05, 0) is 38.4 Å². The molecule has 0 saturated carbocycles. The van der Waals surface area contributed by atoms with Crippen molar-refractivity contribution in [1.82, 2.24) is 19.9 Å². The Bertz CT molecular complexity index is 613. The molecule has 0 aromatic carbocycles. The zero-order chi connectivity index (χ0) is 14.7. The van der Waals surface area contributed by atoms with Crippen molar-refractivity contribution in [2.24, 2.45) is 5.92 Å². The lowest BCUT2D eigenvalue weighted by molar-refractivity contribution is -0.120.